The Kier molecular flexibility index (Phi) is 3.82. The topological polar surface area (TPSA) is 69.7 Å². The molecule has 0 aromatic heterocycles. The van der Waals surface area contributed by atoms with E-state index in [0.717, 1.165) is 51.4 Å². The third-order valence-corrected chi connectivity index (χ3v) is 11.6. The summed E-state index contributed by atoms with van der Waals surface area (Å²) in [7, 11) is 0. The number of aliphatic hydroxyl groups is 1. The Bertz CT molecular complexity index is 789. The minimum absolute atomic E-state index is 0.0664. The molecule has 7 rings (SSSR count). The van der Waals surface area contributed by atoms with E-state index in [2.05, 4.69) is 13.8 Å². The number of hydrogen-bond acceptors (Lipinski definition) is 6. The molecule has 2 spiro atoms. The van der Waals surface area contributed by atoms with Crippen molar-refractivity contribution in [3.63, 3.8) is 0 Å². The number of hydrogen-bond donors (Lipinski definition) is 1. The molecule has 1 N–H and O–H groups in total. The van der Waals surface area contributed by atoms with Crippen LogP contribution in [-0.2, 0) is 23.7 Å². The summed E-state index contributed by atoms with van der Waals surface area (Å²) in [6, 6.07) is 0. The van der Waals surface area contributed by atoms with Crippen LogP contribution in [0.2, 0.25) is 0 Å². The molecular weight excluding hydrogens is 396 g/mol. The molecule has 3 aliphatic heterocycles. The van der Waals surface area contributed by atoms with Crippen LogP contribution in [0.5, 0.6) is 0 Å². The molecule has 0 aromatic carbocycles. The lowest BCUT2D eigenvalue weighted by Crippen LogP contribution is -2.65. The molecule has 6 heteroatoms. The van der Waals surface area contributed by atoms with Gasteiger partial charge in [-0.3, -0.25) is 0 Å². The molecule has 0 unspecified atom stereocenters. The Morgan fingerprint density at radius 1 is 0.742 bits per heavy atom. The molecule has 31 heavy (non-hydrogen) atoms. The molecule has 7 aliphatic rings. The first kappa shape index (κ1) is 20.2. The van der Waals surface area contributed by atoms with Gasteiger partial charge in [-0.2, -0.15) is 0 Å². The van der Waals surface area contributed by atoms with Crippen molar-refractivity contribution in [3.8, 4) is 0 Å². The number of rotatable bonds is 1. The predicted molar refractivity (Wildman–Crippen MR) is 111 cm³/mol. The second-order valence-electron chi connectivity index (χ2n) is 12.3. The second kappa shape index (κ2) is 5.87. The fourth-order valence-corrected chi connectivity index (χ4v) is 9.88. The van der Waals surface area contributed by atoms with Crippen LogP contribution in [0.1, 0.15) is 72.1 Å². The highest BCUT2D eigenvalue weighted by Gasteiger charge is 2.80. The van der Waals surface area contributed by atoms with Crippen molar-refractivity contribution in [3.05, 3.63) is 0 Å². The van der Waals surface area contributed by atoms with Gasteiger partial charge in [0, 0.05) is 23.7 Å². The van der Waals surface area contributed by atoms with Gasteiger partial charge in [0.25, 0.3) is 0 Å². The van der Waals surface area contributed by atoms with Crippen molar-refractivity contribution in [2.45, 2.75) is 101 Å². The lowest BCUT2D eigenvalue weighted by molar-refractivity contribution is -0.301. The summed E-state index contributed by atoms with van der Waals surface area (Å²) in [5.41, 5.74) is -0.989. The Balaban J connectivity index is 1.21. The monoisotopic (exact) mass is 434 g/mol. The highest BCUT2D eigenvalue weighted by atomic mass is 16.8. The van der Waals surface area contributed by atoms with E-state index in [-0.39, 0.29) is 16.4 Å². The van der Waals surface area contributed by atoms with Crippen molar-refractivity contribution in [2.24, 2.45) is 28.6 Å². The maximum absolute atomic E-state index is 12.1. The van der Waals surface area contributed by atoms with E-state index in [0.29, 0.717) is 50.3 Å². The molecule has 4 aliphatic carbocycles. The van der Waals surface area contributed by atoms with Crippen LogP contribution < -0.4 is 0 Å². The zero-order valence-corrected chi connectivity index (χ0v) is 19.3. The molecule has 4 saturated carbocycles. The van der Waals surface area contributed by atoms with Crippen molar-refractivity contribution in [1.29, 1.82) is 0 Å². The second-order valence-corrected chi connectivity index (χ2v) is 12.3. The summed E-state index contributed by atoms with van der Waals surface area (Å²) in [6.07, 6.45) is 8.44. The molecule has 0 aromatic rings. The average molecular weight is 435 g/mol. The van der Waals surface area contributed by atoms with E-state index in [1.807, 2.05) is 6.92 Å². The minimum atomic E-state index is -0.922. The Hall–Kier alpha value is -0.240. The van der Waals surface area contributed by atoms with Gasteiger partial charge in [0.2, 0.25) is 0 Å². The Morgan fingerprint density at radius 2 is 1.39 bits per heavy atom. The van der Waals surface area contributed by atoms with E-state index in [1.165, 1.54) is 0 Å². The van der Waals surface area contributed by atoms with Crippen molar-refractivity contribution in [1.82, 2.24) is 0 Å². The van der Waals surface area contributed by atoms with E-state index in [4.69, 9.17) is 23.7 Å². The number of ether oxygens (including phenoxy) is 5. The molecule has 0 radical (unpaired) electrons. The van der Waals surface area contributed by atoms with Crippen LogP contribution in [0.4, 0.5) is 0 Å². The molecular formula is C25H38O6. The zero-order valence-electron chi connectivity index (χ0n) is 19.3. The molecule has 6 nitrogen and oxygen atoms in total. The lowest BCUT2D eigenvalue weighted by atomic mass is 9.43. The average Bonchev–Trinajstić information content (AvgIpc) is 3.07. The number of epoxide rings is 1. The summed E-state index contributed by atoms with van der Waals surface area (Å²) in [6.45, 7) is 9.38. The van der Waals surface area contributed by atoms with Gasteiger partial charge in [0.05, 0.1) is 32.5 Å². The maximum Gasteiger partial charge on any atom is 0.195 e. The van der Waals surface area contributed by atoms with Gasteiger partial charge in [0.1, 0.15) is 11.2 Å². The van der Waals surface area contributed by atoms with Crippen LogP contribution in [-0.4, -0.2) is 60.4 Å². The third kappa shape index (κ3) is 2.17. The Labute approximate surface area is 185 Å². The van der Waals surface area contributed by atoms with E-state index in [1.54, 1.807) is 0 Å². The summed E-state index contributed by atoms with van der Waals surface area (Å²) >= 11 is 0. The molecule has 0 amide bonds. The normalized spacial score (nSPS) is 58.5. The van der Waals surface area contributed by atoms with E-state index in [9.17, 15) is 5.11 Å². The molecule has 3 heterocycles. The van der Waals surface area contributed by atoms with Crippen molar-refractivity contribution < 1.29 is 28.8 Å². The largest absolute Gasteiger partial charge is 0.384 e. The molecule has 8 atom stereocenters. The molecule has 174 valence electrons. The zero-order chi connectivity index (χ0) is 21.3. The van der Waals surface area contributed by atoms with Crippen LogP contribution >= 0.6 is 0 Å². The number of fused-ring (bicyclic) bond motifs is 4. The van der Waals surface area contributed by atoms with Gasteiger partial charge in [-0.1, -0.05) is 13.8 Å². The van der Waals surface area contributed by atoms with Crippen LogP contribution in [0.15, 0.2) is 0 Å². The van der Waals surface area contributed by atoms with Gasteiger partial charge < -0.3 is 28.8 Å². The fourth-order valence-electron chi connectivity index (χ4n) is 9.88. The van der Waals surface area contributed by atoms with Crippen LogP contribution in [0.25, 0.3) is 0 Å². The first-order valence-electron chi connectivity index (χ1n) is 12.7. The fraction of sp³-hybridized carbons (Fsp3) is 1.00. The third-order valence-electron chi connectivity index (χ3n) is 11.6. The summed E-state index contributed by atoms with van der Waals surface area (Å²) in [5, 5.41) is 12.1. The highest BCUT2D eigenvalue weighted by molar-refractivity contribution is 5.27. The van der Waals surface area contributed by atoms with Gasteiger partial charge >= 0.3 is 0 Å². The molecule has 0 bridgehead atoms. The van der Waals surface area contributed by atoms with Gasteiger partial charge in [-0.05, 0) is 63.2 Å². The molecule has 7 fully saturated rings. The molecule has 3 saturated heterocycles. The van der Waals surface area contributed by atoms with Crippen molar-refractivity contribution >= 4 is 0 Å². The predicted octanol–water partition coefficient (Wildman–Crippen LogP) is 3.40. The summed E-state index contributed by atoms with van der Waals surface area (Å²) in [4.78, 5) is 0. The maximum atomic E-state index is 12.1. The van der Waals surface area contributed by atoms with Crippen LogP contribution in [0, 0.1) is 28.6 Å². The first-order chi connectivity index (χ1) is 14.7. The minimum Gasteiger partial charge on any atom is -0.384 e. The summed E-state index contributed by atoms with van der Waals surface area (Å²) < 4.78 is 31.0. The highest BCUT2D eigenvalue weighted by Crippen LogP contribution is 2.76. The first-order valence-corrected chi connectivity index (χ1v) is 12.7. The Morgan fingerprint density at radius 3 is 2.13 bits per heavy atom. The lowest BCUT2D eigenvalue weighted by Gasteiger charge is -2.61. The standard InChI is InChI=1S/C25H38O6/c1-20-8-9-23(29-12-13-30-23)15-24(20)19(31-24)14-16-17(20)4-6-21(2)18(16)5-7-25(21,26)22(3)27-10-11-28-22/h16-19,26H,4-15H2,1-3H3/t16-,17+,18+,19+,20-,21+,24+,25-/m1/s1. The van der Waals surface area contributed by atoms with Gasteiger partial charge in [0.15, 0.2) is 11.6 Å². The quantitative estimate of drug-likeness (QED) is 0.638. The van der Waals surface area contributed by atoms with E-state index < -0.39 is 17.2 Å². The smallest absolute Gasteiger partial charge is 0.195 e. The SMILES string of the molecule is CC1([C@@]2(O)CC[C@H]3[C@@H]4C[C@@H]5O[C@@]56CC5(CC[C@]6(C)[C@H]4CC[C@@]32C)OCCO5)OCCO1. The van der Waals surface area contributed by atoms with Gasteiger partial charge in [-0.15, -0.1) is 0 Å². The van der Waals surface area contributed by atoms with Crippen molar-refractivity contribution in [2.75, 3.05) is 26.4 Å². The van der Waals surface area contributed by atoms with E-state index >= 15 is 0 Å². The summed E-state index contributed by atoms with van der Waals surface area (Å²) in [5.74, 6) is 0.459. The van der Waals surface area contributed by atoms with Crippen LogP contribution in [0.3, 0.4) is 0 Å². The van der Waals surface area contributed by atoms with Gasteiger partial charge in [-0.25, -0.2) is 0 Å².